The number of hydrogen-bond acceptors (Lipinski definition) is 3. The van der Waals surface area contributed by atoms with Crippen LogP contribution in [0.25, 0.3) is 11.0 Å². The lowest BCUT2D eigenvalue weighted by Gasteiger charge is -2.45. The van der Waals surface area contributed by atoms with Gasteiger partial charge in [-0.05, 0) is 55.9 Å². The van der Waals surface area contributed by atoms with Gasteiger partial charge in [-0.15, -0.1) is 0 Å². The lowest BCUT2D eigenvalue weighted by molar-refractivity contribution is -0.134. The molecule has 6 nitrogen and oxygen atoms in total. The Kier molecular flexibility index (Phi) is 5.47. The van der Waals surface area contributed by atoms with Crippen molar-refractivity contribution in [2.24, 2.45) is 5.92 Å². The van der Waals surface area contributed by atoms with Gasteiger partial charge in [-0.1, -0.05) is 56.2 Å². The highest BCUT2D eigenvalue weighted by molar-refractivity contribution is 6.01. The number of hydrogen-bond donors (Lipinski definition) is 1. The smallest absolute Gasteiger partial charge is 0.291 e. The summed E-state index contributed by atoms with van der Waals surface area (Å²) >= 11 is 0. The van der Waals surface area contributed by atoms with Gasteiger partial charge in [0.25, 0.3) is 5.91 Å². The molecule has 1 fully saturated rings. The van der Waals surface area contributed by atoms with Gasteiger partial charge in [-0.2, -0.15) is 0 Å². The van der Waals surface area contributed by atoms with Gasteiger partial charge in [0.05, 0.1) is 17.6 Å². The van der Waals surface area contributed by atoms with Crippen molar-refractivity contribution in [3.8, 4) is 0 Å². The first-order valence-electron chi connectivity index (χ1n) is 12.0. The van der Waals surface area contributed by atoms with Crippen molar-refractivity contribution in [3.05, 3.63) is 65.5 Å². The molecule has 172 valence electrons. The minimum atomic E-state index is -1.02. The van der Waals surface area contributed by atoms with Gasteiger partial charge in [0.15, 0.2) is 5.82 Å². The molecule has 1 aliphatic heterocycles. The number of aryl methyl sites for hydroxylation is 1. The standard InChI is InChI=1S/C27H32N4O2/c1-18-10-4-6-12-20(18)16-31-25(32)24-28-22-14-8-9-15-23(22)30(24)17-27(31,3)26(33)29-21-13-7-5-11-19(21)2/h4,6,8-10,12,14-15,19,21H,5,7,11,13,16-17H2,1-3H3,(H,29,33)/t19-,21+,27+/m0/s1. The largest absolute Gasteiger partial charge is 0.351 e. The number of nitrogens with zero attached hydrogens (tertiary/aromatic N) is 3. The molecule has 3 atom stereocenters. The Morgan fingerprint density at radius 2 is 1.85 bits per heavy atom. The molecule has 33 heavy (non-hydrogen) atoms. The third-order valence-electron chi connectivity index (χ3n) is 7.66. The fourth-order valence-electron chi connectivity index (χ4n) is 5.39. The van der Waals surface area contributed by atoms with E-state index in [2.05, 4.69) is 17.2 Å². The van der Waals surface area contributed by atoms with Crippen LogP contribution in [0.5, 0.6) is 0 Å². The summed E-state index contributed by atoms with van der Waals surface area (Å²) < 4.78 is 1.93. The molecule has 0 spiro atoms. The summed E-state index contributed by atoms with van der Waals surface area (Å²) in [5.74, 6) is 0.572. The minimum absolute atomic E-state index is 0.0772. The number of benzene rings is 2. The van der Waals surface area contributed by atoms with Crippen LogP contribution >= 0.6 is 0 Å². The maximum atomic E-state index is 13.9. The summed E-state index contributed by atoms with van der Waals surface area (Å²) in [5.41, 5.74) is 2.80. The Hall–Kier alpha value is -3.15. The molecule has 1 aromatic heterocycles. The number of rotatable bonds is 4. The molecule has 1 saturated carbocycles. The first kappa shape index (κ1) is 21.7. The molecule has 2 aliphatic rings. The van der Waals surface area contributed by atoms with E-state index in [0.717, 1.165) is 41.4 Å². The quantitative estimate of drug-likeness (QED) is 0.646. The number of para-hydroxylation sites is 2. The molecule has 3 aromatic rings. The Labute approximate surface area is 195 Å². The van der Waals surface area contributed by atoms with E-state index in [9.17, 15) is 9.59 Å². The van der Waals surface area contributed by atoms with E-state index in [1.165, 1.54) is 6.42 Å². The zero-order chi connectivity index (χ0) is 23.2. The highest BCUT2D eigenvalue weighted by atomic mass is 16.2. The predicted molar refractivity (Wildman–Crippen MR) is 129 cm³/mol. The van der Waals surface area contributed by atoms with E-state index in [1.54, 1.807) is 4.90 Å². The molecule has 0 unspecified atom stereocenters. The van der Waals surface area contributed by atoms with E-state index in [0.29, 0.717) is 24.8 Å². The van der Waals surface area contributed by atoms with Crippen LogP contribution in [0.4, 0.5) is 0 Å². The summed E-state index contributed by atoms with van der Waals surface area (Å²) in [7, 11) is 0. The predicted octanol–water partition coefficient (Wildman–Crippen LogP) is 4.45. The van der Waals surface area contributed by atoms with Crippen molar-refractivity contribution >= 4 is 22.8 Å². The molecule has 2 amide bonds. The molecule has 2 heterocycles. The summed E-state index contributed by atoms with van der Waals surface area (Å²) in [6.07, 6.45) is 4.47. The van der Waals surface area contributed by atoms with Crippen molar-refractivity contribution < 1.29 is 9.59 Å². The number of carbonyl (C=O) groups excluding carboxylic acids is 2. The van der Waals surface area contributed by atoms with E-state index >= 15 is 0 Å². The van der Waals surface area contributed by atoms with E-state index in [-0.39, 0.29) is 17.9 Å². The van der Waals surface area contributed by atoms with E-state index in [1.807, 2.05) is 66.9 Å². The van der Waals surface area contributed by atoms with Crippen LogP contribution in [0.15, 0.2) is 48.5 Å². The lowest BCUT2D eigenvalue weighted by Crippen LogP contribution is -2.65. The fraction of sp³-hybridized carbons (Fsp3) is 0.444. The molecule has 0 radical (unpaired) electrons. The van der Waals surface area contributed by atoms with Gasteiger partial charge in [-0.3, -0.25) is 9.59 Å². The molecule has 1 aliphatic carbocycles. The summed E-state index contributed by atoms with van der Waals surface area (Å²) in [4.78, 5) is 34.1. The van der Waals surface area contributed by atoms with Gasteiger partial charge in [0.1, 0.15) is 5.54 Å². The van der Waals surface area contributed by atoms with E-state index in [4.69, 9.17) is 0 Å². The Balaban J connectivity index is 1.56. The molecule has 0 saturated heterocycles. The highest BCUT2D eigenvalue weighted by Crippen LogP contribution is 2.33. The van der Waals surface area contributed by atoms with Crippen molar-refractivity contribution in [3.63, 3.8) is 0 Å². The van der Waals surface area contributed by atoms with Crippen LogP contribution in [0.1, 0.15) is 61.3 Å². The Morgan fingerprint density at radius 3 is 2.64 bits per heavy atom. The lowest BCUT2D eigenvalue weighted by atomic mass is 9.85. The van der Waals surface area contributed by atoms with Gasteiger partial charge in [0.2, 0.25) is 5.91 Å². The second kappa shape index (κ2) is 8.32. The SMILES string of the molecule is Cc1ccccc1CN1C(=O)c2nc3ccccc3n2C[C@]1(C)C(=O)N[C@@H]1CCCC[C@@H]1C. The molecule has 0 bridgehead atoms. The monoisotopic (exact) mass is 444 g/mol. The minimum Gasteiger partial charge on any atom is -0.351 e. The highest BCUT2D eigenvalue weighted by Gasteiger charge is 2.49. The first-order valence-corrected chi connectivity index (χ1v) is 12.0. The molecule has 1 N–H and O–H groups in total. The summed E-state index contributed by atoms with van der Waals surface area (Å²) in [5, 5.41) is 3.33. The summed E-state index contributed by atoms with van der Waals surface area (Å²) in [6.45, 7) is 6.92. The third kappa shape index (κ3) is 3.71. The topological polar surface area (TPSA) is 67.2 Å². The third-order valence-corrected chi connectivity index (χ3v) is 7.66. The molecule has 5 rings (SSSR count). The molecule has 6 heteroatoms. The normalized spacial score (nSPS) is 25.2. The molecule has 2 aromatic carbocycles. The average Bonchev–Trinajstić information content (AvgIpc) is 3.18. The Morgan fingerprint density at radius 1 is 1.12 bits per heavy atom. The zero-order valence-electron chi connectivity index (χ0n) is 19.7. The van der Waals surface area contributed by atoms with Gasteiger partial charge < -0.3 is 14.8 Å². The van der Waals surface area contributed by atoms with Crippen LogP contribution in [0.3, 0.4) is 0 Å². The number of fused-ring (bicyclic) bond motifs is 3. The zero-order valence-corrected chi connectivity index (χ0v) is 19.7. The van der Waals surface area contributed by atoms with Crippen molar-refractivity contribution in [2.75, 3.05) is 0 Å². The van der Waals surface area contributed by atoms with Crippen LogP contribution in [-0.4, -0.2) is 37.8 Å². The van der Waals surface area contributed by atoms with Gasteiger partial charge in [0, 0.05) is 12.6 Å². The maximum Gasteiger partial charge on any atom is 0.291 e. The van der Waals surface area contributed by atoms with Crippen molar-refractivity contribution in [2.45, 2.75) is 71.1 Å². The molecular formula is C27H32N4O2. The van der Waals surface area contributed by atoms with Crippen LogP contribution in [0.2, 0.25) is 0 Å². The number of nitrogens with one attached hydrogen (secondary N) is 1. The second-order valence-corrected chi connectivity index (χ2v) is 9.94. The number of amides is 2. The number of aromatic nitrogens is 2. The van der Waals surface area contributed by atoms with Crippen LogP contribution in [-0.2, 0) is 17.9 Å². The van der Waals surface area contributed by atoms with Crippen molar-refractivity contribution in [1.29, 1.82) is 0 Å². The van der Waals surface area contributed by atoms with E-state index < -0.39 is 5.54 Å². The summed E-state index contributed by atoms with van der Waals surface area (Å²) in [6, 6.07) is 16.0. The second-order valence-electron chi connectivity index (χ2n) is 9.94. The maximum absolute atomic E-state index is 13.9. The van der Waals surface area contributed by atoms with Crippen LogP contribution < -0.4 is 5.32 Å². The number of imidazole rings is 1. The van der Waals surface area contributed by atoms with Crippen LogP contribution in [0, 0.1) is 12.8 Å². The number of carbonyl (C=O) groups is 2. The molecular weight excluding hydrogens is 412 g/mol. The average molecular weight is 445 g/mol. The van der Waals surface area contributed by atoms with Crippen molar-refractivity contribution in [1.82, 2.24) is 19.8 Å². The first-order chi connectivity index (χ1) is 15.9. The fourth-order valence-corrected chi connectivity index (χ4v) is 5.39. The van der Waals surface area contributed by atoms with Gasteiger partial charge in [-0.25, -0.2) is 4.98 Å². The Bertz CT molecular complexity index is 1220. The van der Waals surface area contributed by atoms with Gasteiger partial charge >= 0.3 is 0 Å².